The Bertz CT molecular complexity index is 803. The fraction of sp³-hybridized carbons (Fsp3) is 0.250. The van der Waals surface area contributed by atoms with Crippen LogP contribution in [0.5, 0.6) is 0 Å². The molecule has 0 radical (unpaired) electrons. The van der Waals surface area contributed by atoms with Crippen molar-refractivity contribution in [2.24, 2.45) is 0 Å². The van der Waals surface area contributed by atoms with Crippen molar-refractivity contribution < 1.29 is 5.11 Å². The predicted molar refractivity (Wildman–Crippen MR) is 89.8 cm³/mol. The maximum atomic E-state index is 9.40. The van der Waals surface area contributed by atoms with Gasteiger partial charge >= 0.3 is 0 Å². The summed E-state index contributed by atoms with van der Waals surface area (Å²) in [6.07, 6.45) is 2.70. The van der Waals surface area contributed by atoms with Crippen molar-refractivity contribution in [2.75, 3.05) is 17.2 Å². The standard InChI is InChI=1S/C16H18N6O/c1-10-3-5-12(6-4-10)20-15-13-14(18-8-7-17-13)21-16(22-15)19-9-11(2)23/h3-8,11,23H,9H2,1-2H3,(H2,18,19,20,21,22). The Labute approximate surface area is 133 Å². The fourth-order valence-electron chi connectivity index (χ4n) is 2.04. The molecule has 3 aromatic rings. The smallest absolute Gasteiger partial charge is 0.226 e. The van der Waals surface area contributed by atoms with Crippen LogP contribution >= 0.6 is 0 Å². The SMILES string of the molecule is Cc1ccc(Nc2nc(NCC(C)O)nc3nccnc23)cc1. The molecule has 0 bridgehead atoms. The topological polar surface area (TPSA) is 95.9 Å². The molecule has 3 N–H and O–H groups in total. The molecule has 7 heteroatoms. The van der Waals surface area contributed by atoms with Crippen LogP contribution in [0.1, 0.15) is 12.5 Å². The van der Waals surface area contributed by atoms with Gasteiger partial charge in [-0.15, -0.1) is 0 Å². The molecule has 1 unspecified atom stereocenters. The van der Waals surface area contributed by atoms with Crippen LogP contribution in [-0.4, -0.2) is 37.7 Å². The van der Waals surface area contributed by atoms with Crippen molar-refractivity contribution in [2.45, 2.75) is 20.0 Å². The highest BCUT2D eigenvalue weighted by Gasteiger charge is 2.10. The highest BCUT2D eigenvalue weighted by molar-refractivity contribution is 5.85. The second-order valence-electron chi connectivity index (χ2n) is 5.35. The number of nitrogens with zero attached hydrogens (tertiary/aromatic N) is 4. The summed E-state index contributed by atoms with van der Waals surface area (Å²) in [7, 11) is 0. The summed E-state index contributed by atoms with van der Waals surface area (Å²) in [5.74, 6) is 0.966. The number of aliphatic hydroxyl groups is 1. The average molecular weight is 310 g/mol. The van der Waals surface area contributed by atoms with Crippen LogP contribution in [0.3, 0.4) is 0 Å². The quantitative estimate of drug-likeness (QED) is 0.665. The van der Waals surface area contributed by atoms with E-state index in [2.05, 4.69) is 30.6 Å². The lowest BCUT2D eigenvalue weighted by molar-refractivity contribution is 0.208. The van der Waals surface area contributed by atoms with Gasteiger partial charge in [-0.25, -0.2) is 9.97 Å². The first-order valence-electron chi connectivity index (χ1n) is 7.36. The average Bonchev–Trinajstić information content (AvgIpc) is 2.55. The highest BCUT2D eigenvalue weighted by Crippen LogP contribution is 2.22. The van der Waals surface area contributed by atoms with Gasteiger partial charge in [0, 0.05) is 24.6 Å². The molecule has 0 aliphatic heterocycles. The Morgan fingerprint density at radius 3 is 2.57 bits per heavy atom. The summed E-state index contributed by atoms with van der Waals surface area (Å²) in [4.78, 5) is 17.3. The Balaban J connectivity index is 1.97. The van der Waals surface area contributed by atoms with Gasteiger partial charge in [-0.2, -0.15) is 9.97 Å². The number of hydrogen-bond donors (Lipinski definition) is 3. The van der Waals surface area contributed by atoms with Gasteiger partial charge in [0.25, 0.3) is 0 Å². The van der Waals surface area contributed by atoms with Gasteiger partial charge in [-0.1, -0.05) is 17.7 Å². The van der Waals surface area contributed by atoms with Crippen LogP contribution in [-0.2, 0) is 0 Å². The van der Waals surface area contributed by atoms with E-state index < -0.39 is 6.10 Å². The van der Waals surface area contributed by atoms with E-state index in [0.29, 0.717) is 29.5 Å². The van der Waals surface area contributed by atoms with E-state index in [1.807, 2.05) is 31.2 Å². The molecular weight excluding hydrogens is 292 g/mol. The largest absolute Gasteiger partial charge is 0.392 e. The Hall–Kier alpha value is -2.80. The summed E-state index contributed by atoms with van der Waals surface area (Å²) < 4.78 is 0. The normalized spacial score (nSPS) is 12.1. The molecule has 7 nitrogen and oxygen atoms in total. The molecule has 1 atom stereocenters. The highest BCUT2D eigenvalue weighted by atomic mass is 16.3. The molecule has 0 fully saturated rings. The molecule has 3 rings (SSSR count). The molecule has 0 aliphatic carbocycles. The van der Waals surface area contributed by atoms with Gasteiger partial charge in [0.15, 0.2) is 17.0 Å². The van der Waals surface area contributed by atoms with Crippen LogP contribution in [0.4, 0.5) is 17.5 Å². The summed E-state index contributed by atoms with van der Waals surface area (Å²) in [6, 6.07) is 7.99. The number of benzene rings is 1. The van der Waals surface area contributed by atoms with Crippen LogP contribution in [0.2, 0.25) is 0 Å². The van der Waals surface area contributed by atoms with Crippen LogP contribution < -0.4 is 10.6 Å². The summed E-state index contributed by atoms with van der Waals surface area (Å²) in [6.45, 7) is 4.09. The van der Waals surface area contributed by atoms with Gasteiger partial charge in [-0.05, 0) is 26.0 Å². The lowest BCUT2D eigenvalue weighted by Gasteiger charge is -2.11. The number of aromatic nitrogens is 4. The van der Waals surface area contributed by atoms with Crippen molar-refractivity contribution in [1.82, 2.24) is 19.9 Å². The molecular formula is C16H18N6O. The zero-order chi connectivity index (χ0) is 16.2. The maximum absolute atomic E-state index is 9.40. The molecule has 23 heavy (non-hydrogen) atoms. The van der Waals surface area contributed by atoms with Crippen molar-refractivity contribution in [3.8, 4) is 0 Å². The summed E-state index contributed by atoms with van der Waals surface area (Å²) in [5, 5.41) is 15.6. The van der Waals surface area contributed by atoms with Crippen LogP contribution in [0.15, 0.2) is 36.7 Å². The predicted octanol–water partition coefficient (Wildman–Crippen LogP) is 2.26. The molecule has 0 amide bonds. The van der Waals surface area contributed by atoms with Crippen molar-refractivity contribution >= 4 is 28.6 Å². The number of fused-ring (bicyclic) bond motifs is 1. The second-order valence-corrected chi connectivity index (χ2v) is 5.35. The van der Waals surface area contributed by atoms with Crippen molar-refractivity contribution in [3.05, 3.63) is 42.2 Å². The summed E-state index contributed by atoms with van der Waals surface area (Å²) >= 11 is 0. The molecule has 1 aromatic carbocycles. The van der Waals surface area contributed by atoms with E-state index in [4.69, 9.17) is 0 Å². The third-order valence-corrected chi connectivity index (χ3v) is 3.20. The molecule has 0 saturated heterocycles. The van der Waals surface area contributed by atoms with Gasteiger partial charge in [-0.3, -0.25) is 0 Å². The van der Waals surface area contributed by atoms with E-state index in [-0.39, 0.29) is 0 Å². The van der Waals surface area contributed by atoms with E-state index in [1.165, 1.54) is 5.56 Å². The Kier molecular flexibility index (Phi) is 4.29. The van der Waals surface area contributed by atoms with Crippen LogP contribution in [0.25, 0.3) is 11.2 Å². The number of hydrogen-bond acceptors (Lipinski definition) is 7. The van der Waals surface area contributed by atoms with Gasteiger partial charge in [0.05, 0.1) is 6.10 Å². The minimum absolute atomic E-state index is 0.357. The number of anilines is 3. The maximum Gasteiger partial charge on any atom is 0.226 e. The first kappa shape index (κ1) is 15.1. The fourth-order valence-corrected chi connectivity index (χ4v) is 2.04. The van der Waals surface area contributed by atoms with Gasteiger partial charge in [0.2, 0.25) is 5.95 Å². The third kappa shape index (κ3) is 3.70. The van der Waals surface area contributed by atoms with Gasteiger partial charge in [0.1, 0.15) is 0 Å². The third-order valence-electron chi connectivity index (χ3n) is 3.20. The Morgan fingerprint density at radius 2 is 1.83 bits per heavy atom. The van der Waals surface area contributed by atoms with E-state index in [9.17, 15) is 5.11 Å². The molecule has 2 heterocycles. The second kappa shape index (κ2) is 6.53. The molecule has 118 valence electrons. The monoisotopic (exact) mass is 310 g/mol. The zero-order valence-corrected chi connectivity index (χ0v) is 13.0. The van der Waals surface area contributed by atoms with Gasteiger partial charge < -0.3 is 15.7 Å². The number of aryl methyl sites for hydroxylation is 1. The number of aliphatic hydroxyl groups excluding tert-OH is 1. The van der Waals surface area contributed by atoms with E-state index >= 15 is 0 Å². The van der Waals surface area contributed by atoms with E-state index in [1.54, 1.807) is 19.3 Å². The Morgan fingerprint density at radius 1 is 1.09 bits per heavy atom. The molecule has 0 spiro atoms. The van der Waals surface area contributed by atoms with Crippen molar-refractivity contribution in [3.63, 3.8) is 0 Å². The minimum Gasteiger partial charge on any atom is -0.392 e. The zero-order valence-electron chi connectivity index (χ0n) is 13.0. The molecule has 0 aliphatic rings. The first-order valence-corrected chi connectivity index (χ1v) is 7.36. The number of nitrogens with one attached hydrogen (secondary N) is 2. The molecule has 0 saturated carbocycles. The summed E-state index contributed by atoms with van der Waals surface area (Å²) in [5.41, 5.74) is 3.17. The van der Waals surface area contributed by atoms with Crippen molar-refractivity contribution in [1.29, 1.82) is 0 Å². The lowest BCUT2D eigenvalue weighted by Crippen LogP contribution is -2.17. The number of rotatable bonds is 5. The van der Waals surface area contributed by atoms with Crippen LogP contribution in [0, 0.1) is 6.92 Å². The molecule has 2 aromatic heterocycles. The van der Waals surface area contributed by atoms with E-state index in [0.717, 1.165) is 5.69 Å². The first-order chi connectivity index (χ1) is 11.1. The minimum atomic E-state index is -0.496. The lowest BCUT2D eigenvalue weighted by atomic mass is 10.2.